The van der Waals surface area contributed by atoms with E-state index < -0.39 is 16.3 Å². The summed E-state index contributed by atoms with van der Waals surface area (Å²) in [7, 11) is 0. The highest BCUT2D eigenvalue weighted by molar-refractivity contribution is 5.61. The average molecular weight is 282 g/mol. The molecule has 6 heteroatoms. The van der Waals surface area contributed by atoms with Crippen LogP contribution in [0.5, 0.6) is 0 Å². The third kappa shape index (κ3) is 3.66. The second kappa shape index (κ2) is 6.17. The Morgan fingerprint density at radius 3 is 2.55 bits per heavy atom. The minimum Gasteiger partial charge on any atom is -0.388 e. The van der Waals surface area contributed by atoms with Crippen LogP contribution in [-0.2, 0) is 0 Å². The number of hydrogen-bond acceptors (Lipinski definition) is 4. The summed E-state index contributed by atoms with van der Waals surface area (Å²) < 4.78 is 13.2. The summed E-state index contributed by atoms with van der Waals surface area (Å²) >= 11 is 0. The Labute approximate surface area is 117 Å². The summed E-state index contributed by atoms with van der Waals surface area (Å²) in [6, 6.07) is 3.29. The van der Waals surface area contributed by atoms with E-state index in [0.717, 1.165) is 43.9 Å². The number of nitrogens with zero attached hydrogens (tertiary/aromatic N) is 1. The van der Waals surface area contributed by atoms with Gasteiger partial charge in [0.2, 0.25) is 0 Å². The van der Waals surface area contributed by atoms with Crippen LogP contribution >= 0.6 is 0 Å². The molecule has 1 aromatic carbocycles. The molecule has 1 aromatic rings. The van der Waals surface area contributed by atoms with Crippen molar-refractivity contribution in [2.24, 2.45) is 0 Å². The summed E-state index contributed by atoms with van der Waals surface area (Å²) in [5, 5.41) is 24.2. The van der Waals surface area contributed by atoms with Gasteiger partial charge in [0.05, 0.1) is 10.5 Å². The van der Waals surface area contributed by atoms with Crippen LogP contribution in [0.2, 0.25) is 0 Å². The molecule has 1 aliphatic rings. The van der Waals surface area contributed by atoms with Gasteiger partial charge in [-0.25, -0.2) is 4.39 Å². The van der Waals surface area contributed by atoms with Crippen molar-refractivity contribution in [2.75, 3.05) is 11.9 Å². The molecule has 0 amide bonds. The van der Waals surface area contributed by atoms with Gasteiger partial charge in [0.25, 0.3) is 5.69 Å². The molecule has 0 spiro atoms. The zero-order valence-electron chi connectivity index (χ0n) is 11.3. The highest BCUT2D eigenvalue weighted by Crippen LogP contribution is 2.30. The molecular formula is C14H19FN2O3. The number of halogens is 1. The molecule has 1 aliphatic carbocycles. The Morgan fingerprint density at radius 1 is 1.30 bits per heavy atom. The lowest BCUT2D eigenvalue weighted by molar-refractivity contribution is -0.384. The molecule has 1 saturated carbocycles. The van der Waals surface area contributed by atoms with E-state index in [4.69, 9.17) is 0 Å². The molecule has 0 saturated heterocycles. The molecule has 0 aromatic heterocycles. The van der Waals surface area contributed by atoms with Crippen molar-refractivity contribution in [1.29, 1.82) is 0 Å². The van der Waals surface area contributed by atoms with Crippen LogP contribution in [0.4, 0.5) is 15.8 Å². The topological polar surface area (TPSA) is 75.4 Å². The third-order valence-corrected chi connectivity index (χ3v) is 3.80. The van der Waals surface area contributed by atoms with Gasteiger partial charge in [0, 0.05) is 18.7 Å². The van der Waals surface area contributed by atoms with E-state index in [1.807, 2.05) is 0 Å². The highest BCUT2D eigenvalue weighted by Gasteiger charge is 2.28. The summed E-state index contributed by atoms with van der Waals surface area (Å²) in [6.07, 6.45) is 5.43. The monoisotopic (exact) mass is 282 g/mol. The Kier molecular flexibility index (Phi) is 4.54. The van der Waals surface area contributed by atoms with E-state index >= 15 is 0 Å². The van der Waals surface area contributed by atoms with Crippen LogP contribution in [0.1, 0.15) is 38.5 Å². The number of rotatable bonds is 4. The lowest BCUT2D eigenvalue weighted by Gasteiger charge is -2.27. The number of anilines is 1. The second-order valence-electron chi connectivity index (χ2n) is 5.41. The fraction of sp³-hybridized carbons (Fsp3) is 0.571. The van der Waals surface area contributed by atoms with E-state index in [-0.39, 0.29) is 17.9 Å². The Hall–Kier alpha value is -1.69. The number of aliphatic hydroxyl groups is 1. The van der Waals surface area contributed by atoms with Gasteiger partial charge >= 0.3 is 0 Å². The first-order chi connectivity index (χ1) is 9.50. The number of benzene rings is 1. The lowest BCUT2D eigenvalue weighted by Crippen LogP contribution is -2.36. The van der Waals surface area contributed by atoms with Crippen molar-refractivity contribution in [3.05, 3.63) is 34.1 Å². The molecular weight excluding hydrogens is 263 g/mol. The molecule has 0 bridgehead atoms. The molecule has 0 unspecified atom stereocenters. The van der Waals surface area contributed by atoms with Gasteiger partial charge in [0.15, 0.2) is 0 Å². The zero-order valence-corrected chi connectivity index (χ0v) is 11.3. The van der Waals surface area contributed by atoms with Crippen molar-refractivity contribution in [2.45, 2.75) is 44.1 Å². The first kappa shape index (κ1) is 14.7. The Balaban J connectivity index is 2.09. The molecule has 110 valence electrons. The van der Waals surface area contributed by atoms with Crippen LogP contribution in [-0.4, -0.2) is 22.2 Å². The van der Waals surface area contributed by atoms with Gasteiger partial charge in [-0.15, -0.1) is 0 Å². The van der Waals surface area contributed by atoms with Gasteiger partial charge < -0.3 is 10.4 Å². The predicted molar refractivity (Wildman–Crippen MR) is 74.2 cm³/mol. The summed E-state index contributed by atoms with van der Waals surface area (Å²) in [4.78, 5) is 10.3. The van der Waals surface area contributed by atoms with Crippen LogP contribution in [0, 0.1) is 15.9 Å². The standard InChI is InChI=1S/C14H19FN2O3/c15-11-5-6-13(17(19)20)12(9-11)16-10-14(18)7-3-1-2-4-8-14/h5-6,9,16,18H,1-4,7-8,10H2. The molecule has 2 rings (SSSR count). The summed E-state index contributed by atoms with van der Waals surface area (Å²) in [6.45, 7) is 0.206. The maximum absolute atomic E-state index is 13.2. The average Bonchev–Trinajstić information content (AvgIpc) is 2.62. The SMILES string of the molecule is O=[N+]([O-])c1ccc(F)cc1NCC1(O)CCCCCC1. The van der Waals surface area contributed by atoms with Crippen molar-refractivity contribution in [1.82, 2.24) is 0 Å². The van der Waals surface area contributed by atoms with Gasteiger partial charge in [0.1, 0.15) is 11.5 Å². The highest BCUT2D eigenvalue weighted by atomic mass is 19.1. The van der Waals surface area contributed by atoms with E-state index in [9.17, 15) is 19.6 Å². The molecule has 1 fully saturated rings. The molecule has 0 aliphatic heterocycles. The van der Waals surface area contributed by atoms with E-state index in [2.05, 4.69) is 5.32 Å². The smallest absolute Gasteiger partial charge is 0.292 e. The van der Waals surface area contributed by atoms with Gasteiger partial charge in [-0.1, -0.05) is 25.7 Å². The molecule has 5 nitrogen and oxygen atoms in total. The van der Waals surface area contributed by atoms with Gasteiger partial charge in [-0.2, -0.15) is 0 Å². The largest absolute Gasteiger partial charge is 0.388 e. The first-order valence-electron chi connectivity index (χ1n) is 6.90. The van der Waals surface area contributed by atoms with E-state index in [0.29, 0.717) is 12.8 Å². The number of hydrogen-bond donors (Lipinski definition) is 2. The van der Waals surface area contributed by atoms with Crippen LogP contribution < -0.4 is 5.32 Å². The van der Waals surface area contributed by atoms with Crippen LogP contribution in [0.25, 0.3) is 0 Å². The predicted octanol–water partition coefficient (Wildman–Crippen LogP) is 3.23. The first-order valence-corrected chi connectivity index (χ1v) is 6.90. The fourth-order valence-electron chi connectivity index (χ4n) is 2.63. The maximum atomic E-state index is 13.2. The Bertz CT molecular complexity index is 485. The number of nitrogens with one attached hydrogen (secondary N) is 1. The van der Waals surface area contributed by atoms with Crippen molar-refractivity contribution in [3.63, 3.8) is 0 Å². The quantitative estimate of drug-likeness (QED) is 0.505. The van der Waals surface area contributed by atoms with Crippen LogP contribution in [0.15, 0.2) is 18.2 Å². The maximum Gasteiger partial charge on any atom is 0.292 e. The molecule has 2 N–H and O–H groups in total. The summed E-state index contributed by atoms with van der Waals surface area (Å²) in [5.41, 5.74) is -0.923. The lowest BCUT2D eigenvalue weighted by atomic mass is 9.94. The summed E-state index contributed by atoms with van der Waals surface area (Å²) in [5.74, 6) is -0.536. The van der Waals surface area contributed by atoms with Crippen molar-refractivity contribution < 1.29 is 14.4 Å². The van der Waals surface area contributed by atoms with E-state index in [1.165, 1.54) is 0 Å². The fourth-order valence-corrected chi connectivity index (χ4v) is 2.63. The molecule has 0 atom stereocenters. The van der Waals surface area contributed by atoms with Gasteiger partial charge in [-0.05, 0) is 18.9 Å². The minimum absolute atomic E-state index is 0.118. The molecule has 0 radical (unpaired) electrons. The third-order valence-electron chi connectivity index (χ3n) is 3.80. The van der Waals surface area contributed by atoms with Crippen molar-refractivity contribution in [3.8, 4) is 0 Å². The molecule has 0 heterocycles. The van der Waals surface area contributed by atoms with Gasteiger partial charge in [-0.3, -0.25) is 10.1 Å². The normalized spacial score (nSPS) is 18.3. The molecule has 20 heavy (non-hydrogen) atoms. The van der Waals surface area contributed by atoms with Crippen molar-refractivity contribution >= 4 is 11.4 Å². The van der Waals surface area contributed by atoms with E-state index in [1.54, 1.807) is 0 Å². The number of nitro benzene ring substituents is 1. The minimum atomic E-state index is -0.864. The van der Waals surface area contributed by atoms with Crippen LogP contribution in [0.3, 0.4) is 0 Å². The zero-order chi connectivity index (χ0) is 14.6. The Morgan fingerprint density at radius 2 is 1.95 bits per heavy atom. The number of nitro groups is 1. The second-order valence-corrected chi connectivity index (χ2v) is 5.41.